The predicted molar refractivity (Wildman–Crippen MR) is 135 cm³/mol. The molecule has 0 N–H and O–H groups in total. The van der Waals surface area contributed by atoms with Crippen molar-refractivity contribution >= 4 is 28.3 Å². The van der Waals surface area contributed by atoms with E-state index in [1.165, 1.54) is 5.56 Å². The van der Waals surface area contributed by atoms with Crippen LogP contribution < -0.4 is 0 Å². The molecule has 0 amide bonds. The van der Waals surface area contributed by atoms with E-state index in [0.29, 0.717) is 22.1 Å². The molecule has 0 aliphatic rings. The first-order valence-electron chi connectivity index (χ1n) is 10.8. The zero-order valence-electron chi connectivity index (χ0n) is 18.4. The molecule has 0 aliphatic carbocycles. The summed E-state index contributed by atoms with van der Waals surface area (Å²) in [7, 11) is 0. The molecule has 0 aliphatic heterocycles. The molecule has 160 valence electrons. The van der Waals surface area contributed by atoms with E-state index >= 15 is 0 Å². The fourth-order valence-corrected chi connectivity index (χ4v) is 4.42. The van der Waals surface area contributed by atoms with Crippen LogP contribution in [0, 0.1) is 13.5 Å². The topological polar surface area (TPSA) is 35.1 Å². The Morgan fingerprint density at radius 2 is 1.64 bits per heavy atom. The van der Waals surface area contributed by atoms with Crippen molar-refractivity contribution in [2.75, 3.05) is 0 Å². The third-order valence-corrected chi connectivity index (χ3v) is 6.19. The van der Waals surface area contributed by atoms with Crippen LogP contribution in [0.5, 0.6) is 0 Å². The van der Waals surface area contributed by atoms with Crippen LogP contribution in [0.3, 0.4) is 0 Å². The van der Waals surface area contributed by atoms with Gasteiger partial charge in [-0.25, -0.2) is 14.5 Å². The molecule has 0 spiro atoms. The van der Waals surface area contributed by atoms with Crippen molar-refractivity contribution in [3.8, 4) is 28.1 Å². The monoisotopic (exact) mass is 448 g/mol. The lowest BCUT2D eigenvalue weighted by atomic mass is 9.96. The molecule has 5 aromatic rings. The average molecular weight is 449 g/mol. The minimum absolute atomic E-state index is 0.482. The molecule has 0 saturated carbocycles. The van der Waals surface area contributed by atoms with Crippen molar-refractivity contribution in [2.45, 2.75) is 20.3 Å². The van der Waals surface area contributed by atoms with Gasteiger partial charge >= 0.3 is 0 Å². The number of pyridine rings is 1. The van der Waals surface area contributed by atoms with Crippen LogP contribution in [-0.2, 0) is 6.42 Å². The number of hydrogen-bond acceptors (Lipinski definition) is 2. The number of para-hydroxylation sites is 1. The lowest BCUT2D eigenvalue weighted by Gasteiger charge is -2.14. The zero-order chi connectivity index (χ0) is 22.9. The second-order valence-electron chi connectivity index (χ2n) is 7.86. The molecule has 2 heterocycles. The molecular formula is C28H21ClN4. The fraction of sp³-hybridized carbons (Fsp3) is 0.107. The molecule has 0 unspecified atom stereocenters. The Morgan fingerprint density at radius 1 is 0.939 bits per heavy atom. The quantitative estimate of drug-likeness (QED) is 0.262. The zero-order valence-corrected chi connectivity index (χ0v) is 19.1. The SMILES string of the molecule is [C-]#[N+]c1c(-c2ccc(CC)cc2)nc2c(c(C)nn2-c2ccccc2)c1-c1ccccc1Cl. The summed E-state index contributed by atoms with van der Waals surface area (Å²) < 4.78 is 1.85. The molecule has 2 aromatic heterocycles. The number of benzene rings is 3. The number of hydrogen-bond donors (Lipinski definition) is 0. The van der Waals surface area contributed by atoms with E-state index in [9.17, 15) is 0 Å². The smallest absolute Gasteiger partial charge is 0.221 e. The first-order chi connectivity index (χ1) is 16.1. The summed E-state index contributed by atoms with van der Waals surface area (Å²) in [6.07, 6.45) is 0.952. The van der Waals surface area contributed by atoms with Gasteiger partial charge in [-0.1, -0.05) is 79.2 Å². The van der Waals surface area contributed by atoms with Gasteiger partial charge in [-0.15, -0.1) is 0 Å². The van der Waals surface area contributed by atoms with E-state index < -0.39 is 0 Å². The van der Waals surface area contributed by atoms with Gasteiger partial charge in [-0.05, 0) is 48.2 Å². The molecule has 0 bridgehead atoms. The van der Waals surface area contributed by atoms with Gasteiger partial charge in [0.05, 0.1) is 23.6 Å². The summed E-state index contributed by atoms with van der Waals surface area (Å²) in [5.41, 5.74) is 7.24. The molecule has 4 nitrogen and oxygen atoms in total. The first kappa shape index (κ1) is 20.9. The second kappa shape index (κ2) is 8.54. The Morgan fingerprint density at radius 3 is 2.30 bits per heavy atom. The van der Waals surface area contributed by atoms with Gasteiger partial charge in [0.1, 0.15) is 0 Å². The van der Waals surface area contributed by atoms with E-state index in [0.717, 1.165) is 39.9 Å². The number of nitrogens with zero attached hydrogens (tertiary/aromatic N) is 4. The molecule has 33 heavy (non-hydrogen) atoms. The van der Waals surface area contributed by atoms with Crippen molar-refractivity contribution in [3.63, 3.8) is 0 Å². The molecule has 5 heteroatoms. The van der Waals surface area contributed by atoms with Gasteiger partial charge < -0.3 is 0 Å². The maximum Gasteiger partial charge on any atom is 0.221 e. The summed E-state index contributed by atoms with van der Waals surface area (Å²) in [6, 6.07) is 25.8. The van der Waals surface area contributed by atoms with Crippen molar-refractivity contribution in [1.29, 1.82) is 0 Å². The van der Waals surface area contributed by atoms with Crippen LogP contribution in [0.25, 0.3) is 44.0 Å². The predicted octanol–water partition coefficient (Wildman–Crippen LogP) is 7.83. The third-order valence-electron chi connectivity index (χ3n) is 5.86. The van der Waals surface area contributed by atoms with Gasteiger partial charge in [0, 0.05) is 16.0 Å². The molecule has 0 saturated heterocycles. The van der Waals surface area contributed by atoms with Crippen LogP contribution in [0.1, 0.15) is 18.2 Å². The van der Waals surface area contributed by atoms with Crippen molar-refractivity contribution < 1.29 is 0 Å². The summed E-state index contributed by atoms with van der Waals surface area (Å²) >= 11 is 6.65. The minimum Gasteiger partial charge on any atom is -0.240 e. The van der Waals surface area contributed by atoms with E-state index in [2.05, 4.69) is 23.9 Å². The van der Waals surface area contributed by atoms with Crippen LogP contribution in [-0.4, -0.2) is 14.8 Å². The highest BCUT2D eigenvalue weighted by Crippen LogP contribution is 2.46. The third kappa shape index (κ3) is 3.57. The highest BCUT2D eigenvalue weighted by molar-refractivity contribution is 6.34. The van der Waals surface area contributed by atoms with Crippen LogP contribution in [0.2, 0.25) is 5.02 Å². The Kier molecular flexibility index (Phi) is 5.42. The second-order valence-corrected chi connectivity index (χ2v) is 8.26. The molecular weight excluding hydrogens is 428 g/mol. The van der Waals surface area contributed by atoms with Gasteiger partial charge in [-0.3, -0.25) is 0 Å². The van der Waals surface area contributed by atoms with Crippen LogP contribution in [0.15, 0.2) is 78.9 Å². The maximum absolute atomic E-state index is 8.10. The molecule has 0 radical (unpaired) electrons. The first-order valence-corrected chi connectivity index (χ1v) is 11.2. The highest BCUT2D eigenvalue weighted by Gasteiger charge is 2.24. The molecule has 3 aromatic carbocycles. The van der Waals surface area contributed by atoms with Crippen molar-refractivity contribution in [1.82, 2.24) is 14.8 Å². The Hall–Kier alpha value is -3.94. The summed E-state index contributed by atoms with van der Waals surface area (Å²) in [5.74, 6) is 0. The van der Waals surface area contributed by atoms with E-state index in [1.807, 2.05) is 78.3 Å². The van der Waals surface area contributed by atoms with E-state index in [-0.39, 0.29) is 0 Å². The van der Waals surface area contributed by atoms with Gasteiger partial charge in [-0.2, -0.15) is 5.10 Å². The summed E-state index contributed by atoms with van der Waals surface area (Å²) in [4.78, 5) is 9.00. The normalized spacial score (nSPS) is 11.0. The van der Waals surface area contributed by atoms with Crippen molar-refractivity contribution in [2.24, 2.45) is 0 Å². The number of aryl methyl sites for hydroxylation is 2. The van der Waals surface area contributed by atoms with Gasteiger partial charge in [0.15, 0.2) is 5.65 Å². The maximum atomic E-state index is 8.10. The van der Waals surface area contributed by atoms with Crippen molar-refractivity contribution in [3.05, 3.63) is 107 Å². The number of aromatic nitrogens is 3. The Bertz CT molecular complexity index is 1510. The lowest BCUT2D eigenvalue weighted by molar-refractivity contribution is 0.878. The fourth-order valence-electron chi connectivity index (χ4n) is 4.19. The Labute approximate surface area is 197 Å². The largest absolute Gasteiger partial charge is 0.240 e. The van der Waals surface area contributed by atoms with E-state index in [4.69, 9.17) is 28.3 Å². The summed E-state index contributed by atoms with van der Waals surface area (Å²) in [5, 5.41) is 6.25. The minimum atomic E-state index is 0.482. The van der Waals surface area contributed by atoms with Gasteiger partial charge in [0.2, 0.25) is 5.69 Å². The number of fused-ring (bicyclic) bond motifs is 1. The Balaban J connectivity index is 1.93. The lowest BCUT2D eigenvalue weighted by Crippen LogP contribution is -1.99. The molecule has 5 rings (SSSR count). The van der Waals surface area contributed by atoms with Crippen LogP contribution >= 0.6 is 11.6 Å². The number of rotatable bonds is 4. The average Bonchev–Trinajstić information content (AvgIpc) is 3.20. The molecule has 0 atom stereocenters. The number of halogens is 1. The standard InChI is InChI=1S/C28H21ClN4/c1-4-19-14-16-20(17-15-19)26-27(30-3)25(22-12-8-9-13-23(22)29)24-18(2)32-33(28(24)31-26)21-10-6-5-7-11-21/h5-17H,4H2,1-2H3. The van der Waals surface area contributed by atoms with Crippen LogP contribution in [0.4, 0.5) is 5.69 Å². The van der Waals surface area contributed by atoms with E-state index in [1.54, 1.807) is 0 Å². The molecule has 0 fully saturated rings. The summed E-state index contributed by atoms with van der Waals surface area (Å²) in [6.45, 7) is 12.2. The van der Waals surface area contributed by atoms with Gasteiger partial charge in [0.25, 0.3) is 0 Å². The highest BCUT2D eigenvalue weighted by atomic mass is 35.5.